The number of allylic oxidation sites excluding steroid dienone is 1. The Hall–Kier alpha value is -3.07. The van der Waals surface area contributed by atoms with Gasteiger partial charge < -0.3 is 20.1 Å². The first kappa shape index (κ1) is 27.1. The third-order valence-corrected chi connectivity index (χ3v) is 10.6. The van der Waals surface area contributed by atoms with Crippen molar-refractivity contribution in [1.29, 1.82) is 0 Å². The Bertz CT molecular complexity index is 1470. The molecule has 1 aromatic heterocycles. The minimum absolute atomic E-state index is 0.0572. The summed E-state index contributed by atoms with van der Waals surface area (Å²) < 4.78 is 7.54. The van der Waals surface area contributed by atoms with Gasteiger partial charge in [-0.1, -0.05) is 63.3 Å². The van der Waals surface area contributed by atoms with Crippen molar-refractivity contribution in [1.82, 2.24) is 9.78 Å². The number of hydrogen-bond acceptors (Lipinski definition) is 7. The molecule has 3 N–H and O–H groups in total. The number of aromatic nitrogens is 2. The van der Waals surface area contributed by atoms with Gasteiger partial charge in [0, 0.05) is 24.1 Å². The highest BCUT2D eigenvalue weighted by molar-refractivity contribution is 5.96. The summed E-state index contributed by atoms with van der Waals surface area (Å²) in [6.07, 6.45) is 1.21. The summed E-state index contributed by atoms with van der Waals surface area (Å²) in [6.45, 7) is 9.25. The number of fused-ring (bicyclic) bond motifs is 3. The van der Waals surface area contributed by atoms with Crippen LogP contribution in [0.15, 0.2) is 53.6 Å². The summed E-state index contributed by atoms with van der Waals surface area (Å²) >= 11 is 0. The van der Waals surface area contributed by atoms with Crippen LogP contribution in [0.3, 0.4) is 0 Å². The average Bonchev–Trinajstić information content (AvgIpc) is 3.23. The first-order valence-corrected chi connectivity index (χ1v) is 14.1. The zero-order chi connectivity index (χ0) is 28.9. The van der Waals surface area contributed by atoms with Gasteiger partial charge in [-0.15, -0.1) is 0 Å². The van der Waals surface area contributed by atoms with Crippen LogP contribution in [0, 0.1) is 41.4 Å². The van der Waals surface area contributed by atoms with E-state index in [-0.39, 0.29) is 40.2 Å². The number of carbonyl (C=O) groups excluding carboxylic acids is 2. The van der Waals surface area contributed by atoms with Crippen molar-refractivity contribution in [3.63, 3.8) is 0 Å². The van der Waals surface area contributed by atoms with E-state index in [1.807, 2.05) is 37.3 Å². The molecule has 0 aliphatic heterocycles. The van der Waals surface area contributed by atoms with Gasteiger partial charge in [-0.2, -0.15) is 5.10 Å². The Kier molecular flexibility index (Phi) is 5.91. The van der Waals surface area contributed by atoms with Crippen LogP contribution in [-0.4, -0.2) is 61.3 Å². The van der Waals surface area contributed by atoms with Crippen molar-refractivity contribution in [3.8, 4) is 11.3 Å². The maximum Gasteiger partial charge on any atom is 0.357 e. The molecule has 2 saturated carbocycles. The topological polar surface area (TPSA) is 122 Å². The molecule has 212 valence electrons. The normalized spacial score (nSPS) is 37.5. The van der Waals surface area contributed by atoms with Gasteiger partial charge in [-0.05, 0) is 54.6 Å². The largest absolute Gasteiger partial charge is 0.450 e. The van der Waals surface area contributed by atoms with E-state index in [1.165, 1.54) is 4.68 Å². The van der Waals surface area contributed by atoms with Crippen LogP contribution in [0.4, 0.5) is 0 Å². The highest BCUT2D eigenvalue weighted by atomic mass is 16.6. The van der Waals surface area contributed by atoms with Crippen molar-refractivity contribution in [2.45, 2.75) is 58.8 Å². The lowest BCUT2D eigenvalue weighted by molar-refractivity contribution is -0.190. The van der Waals surface area contributed by atoms with Crippen molar-refractivity contribution >= 4 is 11.8 Å². The molecule has 0 saturated heterocycles. The molecule has 2 aromatic rings. The third kappa shape index (κ3) is 3.27. The molecule has 0 amide bonds. The van der Waals surface area contributed by atoms with E-state index in [0.717, 1.165) is 5.56 Å². The van der Waals surface area contributed by atoms with Gasteiger partial charge in [0.1, 0.15) is 11.8 Å². The van der Waals surface area contributed by atoms with Crippen LogP contribution in [-0.2, 0) is 16.6 Å². The number of Topliss-reactive ketones (excluding diaryl/α,β-unsaturated/α-hetero) is 1. The van der Waals surface area contributed by atoms with E-state index in [9.17, 15) is 24.9 Å². The summed E-state index contributed by atoms with van der Waals surface area (Å²) in [7, 11) is 1.66. The zero-order valence-corrected chi connectivity index (χ0v) is 23.9. The number of esters is 1. The molecule has 0 radical (unpaired) electrons. The van der Waals surface area contributed by atoms with Crippen molar-refractivity contribution in [2.24, 2.45) is 41.5 Å². The molecule has 8 nitrogen and oxygen atoms in total. The number of ether oxygens (including phenoxy) is 1. The molecule has 40 heavy (non-hydrogen) atoms. The second-order valence-electron chi connectivity index (χ2n) is 13.0. The van der Waals surface area contributed by atoms with Gasteiger partial charge >= 0.3 is 5.97 Å². The first-order chi connectivity index (χ1) is 18.8. The smallest absolute Gasteiger partial charge is 0.357 e. The minimum atomic E-state index is -2.18. The average molecular weight is 547 g/mol. The third-order valence-electron chi connectivity index (χ3n) is 10.6. The van der Waals surface area contributed by atoms with Crippen LogP contribution in [0.1, 0.15) is 50.2 Å². The Labute approximate surface area is 234 Å². The van der Waals surface area contributed by atoms with Gasteiger partial charge in [0.2, 0.25) is 0 Å². The number of carbonyl (C=O) groups is 2. The quantitative estimate of drug-likeness (QED) is 0.397. The molecule has 1 spiro atoms. The minimum Gasteiger partial charge on any atom is -0.450 e. The van der Waals surface area contributed by atoms with Crippen LogP contribution in [0.2, 0.25) is 0 Å². The first-order valence-electron chi connectivity index (χ1n) is 14.1. The fraction of sp³-hybridized carbons (Fsp3) is 0.531. The van der Waals surface area contributed by atoms with Crippen molar-refractivity contribution in [2.75, 3.05) is 6.61 Å². The van der Waals surface area contributed by atoms with Crippen molar-refractivity contribution < 1.29 is 29.6 Å². The fourth-order valence-corrected chi connectivity index (χ4v) is 8.54. The summed E-state index contributed by atoms with van der Waals surface area (Å²) in [5.41, 5.74) is -0.680. The maximum atomic E-state index is 14.5. The van der Waals surface area contributed by atoms with Gasteiger partial charge in [0.05, 0.1) is 17.7 Å². The molecule has 4 aliphatic carbocycles. The molecule has 8 heteroatoms. The van der Waals surface area contributed by atoms with E-state index in [1.54, 1.807) is 33.0 Å². The second-order valence-corrected chi connectivity index (χ2v) is 13.0. The summed E-state index contributed by atoms with van der Waals surface area (Å²) in [5, 5.41) is 39.2. The van der Waals surface area contributed by atoms with E-state index in [2.05, 4.69) is 18.9 Å². The van der Waals surface area contributed by atoms with E-state index in [4.69, 9.17) is 4.74 Å². The molecule has 2 bridgehead atoms. The van der Waals surface area contributed by atoms with Crippen LogP contribution in [0.5, 0.6) is 0 Å². The lowest BCUT2D eigenvalue weighted by Gasteiger charge is -2.48. The lowest BCUT2D eigenvalue weighted by atomic mass is 9.59. The van der Waals surface area contributed by atoms with E-state index in [0.29, 0.717) is 23.3 Å². The Morgan fingerprint density at radius 1 is 1.20 bits per heavy atom. The number of aryl methyl sites for hydroxylation is 1. The number of nitrogens with zero attached hydrogens (tertiary/aromatic N) is 2. The number of benzene rings is 1. The molecule has 4 aliphatic rings. The standard InChI is InChI=1S/C32H38N2O6/c1-16-14-31-17(2)12-22-23(30(22,4)5)21(27(31)37)13-20(15-35)26(36)32(31,39)28(16)40-29(38)25-18(3)24(33-34(25)6)19-10-8-7-9-11-19/h7-11,13-14,17,21-23,26,28,35-36,39H,12,15H2,1-6H3/t17-,21+,22-,23+,26-,28+,31+,32+/m1/s1. The Morgan fingerprint density at radius 2 is 1.88 bits per heavy atom. The number of ketones is 1. The molecule has 6 rings (SSSR count). The lowest BCUT2D eigenvalue weighted by Crippen LogP contribution is -2.65. The number of aliphatic hydroxyl groups is 3. The van der Waals surface area contributed by atoms with E-state index >= 15 is 0 Å². The second kappa shape index (κ2) is 8.71. The SMILES string of the molecule is CC1=C[C@]23C(=O)[C@@H](C=C(CO)[C@@H](O)[C@]2(O)[C@H]1OC(=O)c1c(C)c(-c2ccccc2)nn1C)[C@H]1[C@@H](C[C@H]3C)C1(C)C. The summed E-state index contributed by atoms with van der Waals surface area (Å²) in [4.78, 5) is 28.3. The molecule has 0 unspecified atom stereocenters. The number of hydrogen-bond donors (Lipinski definition) is 3. The van der Waals surface area contributed by atoms with Crippen LogP contribution < -0.4 is 0 Å². The molecular formula is C32H38N2O6. The maximum absolute atomic E-state index is 14.5. The molecular weight excluding hydrogens is 508 g/mol. The molecule has 2 fully saturated rings. The van der Waals surface area contributed by atoms with Gasteiger partial charge in [-0.25, -0.2) is 4.79 Å². The van der Waals surface area contributed by atoms with E-state index < -0.39 is 41.7 Å². The summed E-state index contributed by atoms with van der Waals surface area (Å²) in [5.74, 6) is -1.44. The Balaban J connectivity index is 1.43. The monoisotopic (exact) mass is 546 g/mol. The predicted octanol–water partition coefficient (Wildman–Crippen LogP) is 3.39. The molecule has 1 heterocycles. The predicted molar refractivity (Wildman–Crippen MR) is 148 cm³/mol. The van der Waals surface area contributed by atoms with Crippen molar-refractivity contribution in [3.05, 3.63) is 64.9 Å². The van der Waals surface area contributed by atoms with Crippen LogP contribution in [0.25, 0.3) is 11.3 Å². The summed E-state index contributed by atoms with van der Waals surface area (Å²) in [6, 6.07) is 9.51. The zero-order valence-electron chi connectivity index (χ0n) is 23.9. The fourth-order valence-electron chi connectivity index (χ4n) is 8.54. The van der Waals surface area contributed by atoms with Gasteiger partial charge in [-0.3, -0.25) is 9.48 Å². The highest BCUT2D eigenvalue weighted by Crippen LogP contribution is 2.71. The van der Waals surface area contributed by atoms with Gasteiger partial charge in [0.25, 0.3) is 0 Å². The molecule has 1 aromatic carbocycles. The highest BCUT2D eigenvalue weighted by Gasteiger charge is 2.76. The number of aliphatic hydroxyl groups excluding tert-OH is 2. The Morgan fingerprint density at radius 3 is 2.52 bits per heavy atom. The van der Waals surface area contributed by atoms with Gasteiger partial charge in [0.15, 0.2) is 17.5 Å². The van der Waals surface area contributed by atoms with Crippen LogP contribution >= 0.6 is 0 Å². The molecule has 8 atom stereocenters. The number of rotatable bonds is 4.